The highest BCUT2D eigenvalue weighted by atomic mass is 16.5. The van der Waals surface area contributed by atoms with Crippen LogP contribution in [0.3, 0.4) is 0 Å². The number of anilines is 1. The minimum absolute atomic E-state index is 0.0621. The number of amides is 1. The van der Waals surface area contributed by atoms with Crippen LogP contribution in [0.2, 0.25) is 0 Å². The molecule has 0 bridgehead atoms. The van der Waals surface area contributed by atoms with E-state index in [9.17, 15) is 4.79 Å². The molecule has 32 heavy (non-hydrogen) atoms. The largest absolute Gasteiger partial charge is 0.484 e. The fraction of sp³-hybridized carbons (Fsp3) is 0.259. The van der Waals surface area contributed by atoms with Crippen molar-refractivity contribution >= 4 is 22.7 Å². The molecule has 1 amide bonds. The smallest absolute Gasteiger partial charge is 0.262 e. The van der Waals surface area contributed by atoms with Crippen LogP contribution in [0.1, 0.15) is 42.9 Å². The van der Waals surface area contributed by atoms with Crippen molar-refractivity contribution in [1.82, 2.24) is 4.98 Å². The summed E-state index contributed by atoms with van der Waals surface area (Å²) in [5.74, 6) is 1.52. The van der Waals surface area contributed by atoms with Gasteiger partial charge in [-0.3, -0.25) is 4.79 Å². The summed E-state index contributed by atoms with van der Waals surface area (Å²) in [5.41, 5.74) is 6.63. The summed E-state index contributed by atoms with van der Waals surface area (Å²) >= 11 is 0. The number of oxazole rings is 1. The molecule has 0 aliphatic heterocycles. The highest BCUT2D eigenvalue weighted by molar-refractivity contribution is 5.94. The van der Waals surface area contributed by atoms with Crippen molar-refractivity contribution in [2.45, 2.75) is 40.0 Å². The Balaban J connectivity index is 1.40. The molecule has 5 heteroatoms. The number of rotatable bonds is 7. The van der Waals surface area contributed by atoms with Gasteiger partial charge >= 0.3 is 0 Å². The van der Waals surface area contributed by atoms with Crippen molar-refractivity contribution in [3.05, 3.63) is 77.4 Å². The van der Waals surface area contributed by atoms with Gasteiger partial charge in [0.2, 0.25) is 5.89 Å². The number of carbonyl (C=O) groups excluding carboxylic acids is 1. The lowest BCUT2D eigenvalue weighted by Gasteiger charge is -2.11. The monoisotopic (exact) mass is 428 g/mol. The molecule has 1 aromatic heterocycles. The predicted octanol–water partition coefficient (Wildman–Crippen LogP) is 6.64. The lowest BCUT2D eigenvalue weighted by atomic mass is 9.99. The Kier molecular flexibility index (Phi) is 6.26. The third-order valence-corrected chi connectivity index (χ3v) is 5.86. The van der Waals surface area contributed by atoms with E-state index >= 15 is 0 Å². The van der Waals surface area contributed by atoms with E-state index in [0.29, 0.717) is 34.3 Å². The van der Waals surface area contributed by atoms with Crippen LogP contribution in [0.4, 0.5) is 5.69 Å². The van der Waals surface area contributed by atoms with Crippen LogP contribution >= 0.6 is 0 Å². The second kappa shape index (κ2) is 9.27. The minimum Gasteiger partial charge on any atom is -0.484 e. The second-order valence-electron chi connectivity index (χ2n) is 8.22. The molecule has 164 valence electrons. The number of carbonyl (C=O) groups is 1. The fourth-order valence-corrected chi connectivity index (χ4v) is 3.48. The first-order valence-corrected chi connectivity index (χ1v) is 10.9. The van der Waals surface area contributed by atoms with Crippen LogP contribution in [-0.4, -0.2) is 17.5 Å². The zero-order valence-electron chi connectivity index (χ0n) is 18.9. The zero-order valence-corrected chi connectivity index (χ0v) is 18.9. The molecule has 1 atom stereocenters. The average molecular weight is 429 g/mol. The van der Waals surface area contributed by atoms with Gasteiger partial charge in [0, 0.05) is 11.3 Å². The number of nitrogens with zero attached hydrogens (tertiary/aromatic N) is 1. The number of ether oxygens (including phenoxy) is 1. The Hall–Kier alpha value is -3.60. The van der Waals surface area contributed by atoms with Crippen LogP contribution in [-0.2, 0) is 4.79 Å². The number of hydrogen-bond acceptors (Lipinski definition) is 4. The molecule has 0 aliphatic carbocycles. The van der Waals surface area contributed by atoms with E-state index in [2.05, 4.69) is 50.1 Å². The molecule has 0 radical (unpaired) electrons. The quantitative estimate of drug-likeness (QED) is 0.358. The van der Waals surface area contributed by atoms with Crippen LogP contribution in [0.25, 0.3) is 22.6 Å². The molecule has 0 unspecified atom stereocenters. The van der Waals surface area contributed by atoms with E-state index < -0.39 is 0 Å². The molecule has 0 spiro atoms. The topological polar surface area (TPSA) is 64.4 Å². The zero-order chi connectivity index (χ0) is 22.7. The Morgan fingerprint density at radius 1 is 1.03 bits per heavy atom. The molecule has 0 aliphatic rings. The molecule has 0 fully saturated rings. The van der Waals surface area contributed by atoms with Crippen LogP contribution in [0.5, 0.6) is 5.75 Å². The van der Waals surface area contributed by atoms with Crippen molar-refractivity contribution in [2.75, 3.05) is 11.9 Å². The number of aromatic nitrogens is 1. The molecule has 4 rings (SSSR count). The molecule has 1 heterocycles. The lowest BCUT2D eigenvalue weighted by molar-refractivity contribution is -0.118. The van der Waals surface area contributed by atoms with E-state index in [4.69, 9.17) is 9.15 Å². The molecule has 4 aromatic rings. The maximum Gasteiger partial charge on any atom is 0.262 e. The summed E-state index contributed by atoms with van der Waals surface area (Å²) in [6.45, 7) is 8.44. The standard InChI is InChI=1S/C27H28N2O3/c1-5-17(2)20-8-11-23(12-9-20)31-16-26(30)28-22-10-13-25-24(15-22)29-27(32-25)21-7-6-18(3)19(4)14-21/h6-15,17H,5,16H2,1-4H3,(H,28,30)/t17-/m1/s1. The molecule has 0 saturated carbocycles. The number of fused-ring (bicyclic) bond motifs is 1. The van der Waals surface area contributed by atoms with Crippen molar-refractivity contribution in [3.63, 3.8) is 0 Å². The van der Waals surface area contributed by atoms with Gasteiger partial charge in [-0.05, 0) is 85.3 Å². The summed E-state index contributed by atoms with van der Waals surface area (Å²) < 4.78 is 11.5. The summed E-state index contributed by atoms with van der Waals surface area (Å²) in [7, 11) is 0. The third kappa shape index (κ3) is 4.83. The second-order valence-corrected chi connectivity index (χ2v) is 8.22. The Morgan fingerprint density at radius 2 is 1.81 bits per heavy atom. The normalized spacial score (nSPS) is 12.0. The minimum atomic E-state index is -0.228. The molecule has 0 saturated heterocycles. The lowest BCUT2D eigenvalue weighted by Crippen LogP contribution is -2.20. The Morgan fingerprint density at radius 3 is 2.53 bits per heavy atom. The van der Waals surface area contributed by atoms with Crippen LogP contribution in [0.15, 0.2) is 65.1 Å². The van der Waals surface area contributed by atoms with E-state index in [1.54, 1.807) is 6.07 Å². The molecular formula is C27H28N2O3. The average Bonchev–Trinajstić information content (AvgIpc) is 3.23. The highest BCUT2D eigenvalue weighted by Gasteiger charge is 2.11. The van der Waals surface area contributed by atoms with Crippen molar-refractivity contribution in [3.8, 4) is 17.2 Å². The van der Waals surface area contributed by atoms with E-state index in [1.165, 1.54) is 16.7 Å². The Bertz CT molecular complexity index is 1240. The molecule has 3 aromatic carbocycles. The van der Waals surface area contributed by atoms with Gasteiger partial charge in [0.25, 0.3) is 5.91 Å². The molecule has 1 N–H and O–H groups in total. The summed E-state index contributed by atoms with van der Waals surface area (Å²) in [4.78, 5) is 17.0. The van der Waals surface area contributed by atoms with Gasteiger partial charge in [0.15, 0.2) is 12.2 Å². The third-order valence-electron chi connectivity index (χ3n) is 5.86. The summed E-state index contributed by atoms with van der Waals surface area (Å²) in [6.07, 6.45) is 1.09. The first-order chi connectivity index (χ1) is 15.4. The summed E-state index contributed by atoms with van der Waals surface area (Å²) in [5, 5.41) is 2.86. The number of benzene rings is 3. The fourth-order valence-electron chi connectivity index (χ4n) is 3.48. The maximum absolute atomic E-state index is 12.4. The maximum atomic E-state index is 12.4. The Labute approximate surface area is 188 Å². The number of nitrogens with one attached hydrogen (secondary N) is 1. The van der Waals surface area contributed by atoms with E-state index in [0.717, 1.165) is 12.0 Å². The van der Waals surface area contributed by atoms with Gasteiger partial charge in [-0.1, -0.05) is 32.0 Å². The van der Waals surface area contributed by atoms with Crippen LogP contribution in [0, 0.1) is 13.8 Å². The van der Waals surface area contributed by atoms with Gasteiger partial charge in [-0.15, -0.1) is 0 Å². The van der Waals surface area contributed by atoms with Crippen molar-refractivity contribution in [2.24, 2.45) is 0 Å². The van der Waals surface area contributed by atoms with Gasteiger partial charge in [-0.25, -0.2) is 4.98 Å². The van der Waals surface area contributed by atoms with E-state index in [1.807, 2.05) is 42.5 Å². The molecule has 5 nitrogen and oxygen atoms in total. The number of hydrogen-bond donors (Lipinski definition) is 1. The van der Waals surface area contributed by atoms with Gasteiger partial charge in [0.1, 0.15) is 11.3 Å². The van der Waals surface area contributed by atoms with Crippen molar-refractivity contribution in [1.29, 1.82) is 0 Å². The SMILES string of the molecule is CC[C@@H](C)c1ccc(OCC(=O)Nc2ccc3oc(-c4ccc(C)c(C)c4)nc3c2)cc1. The highest BCUT2D eigenvalue weighted by Crippen LogP contribution is 2.27. The first kappa shape index (κ1) is 21.6. The van der Waals surface area contributed by atoms with Gasteiger partial charge in [-0.2, -0.15) is 0 Å². The van der Waals surface area contributed by atoms with E-state index in [-0.39, 0.29) is 12.5 Å². The first-order valence-electron chi connectivity index (χ1n) is 10.9. The van der Waals surface area contributed by atoms with Gasteiger partial charge < -0.3 is 14.5 Å². The molecular weight excluding hydrogens is 400 g/mol. The van der Waals surface area contributed by atoms with Crippen LogP contribution < -0.4 is 10.1 Å². The summed E-state index contributed by atoms with van der Waals surface area (Å²) in [6, 6.07) is 19.5. The predicted molar refractivity (Wildman–Crippen MR) is 128 cm³/mol. The van der Waals surface area contributed by atoms with Gasteiger partial charge in [0.05, 0.1) is 0 Å². The van der Waals surface area contributed by atoms with Crippen molar-refractivity contribution < 1.29 is 13.9 Å². The number of aryl methyl sites for hydroxylation is 2.